The average molecular weight is 484 g/mol. The van der Waals surface area contributed by atoms with E-state index in [1.165, 1.54) is 23.6 Å². The maximum absolute atomic E-state index is 15.1. The van der Waals surface area contributed by atoms with E-state index in [1.807, 2.05) is 7.05 Å². The summed E-state index contributed by atoms with van der Waals surface area (Å²) in [6.45, 7) is 2.19. The zero-order valence-corrected chi connectivity index (χ0v) is 18.3. The molecule has 1 heterocycles. The summed E-state index contributed by atoms with van der Waals surface area (Å²) in [5.74, 6) is -3.62. The van der Waals surface area contributed by atoms with Crippen LogP contribution in [0.25, 0.3) is 0 Å². The Bertz CT molecular complexity index is 1050. The number of carbonyl (C=O) groups excluding carboxylic acids is 3. The third kappa shape index (κ3) is 5.93. The van der Waals surface area contributed by atoms with Gasteiger partial charge in [-0.1, -0.05) is 17.7 Å². The highest BCUT2D eigenvalue weighted by atomic mass is 35.5. The van der Waals surface area contributed by atoms with Crippen molar-refractivity contribution < 1.29 is 27.6 Å². The van der Waals surface area contributed by atoms with Crippen LogP contribution in [0.5, 0.6) is 0 Å². The molecule has 2 aromatic rings. The number of halogens is 4. The Morgan fingerprint density at radius 2 is 1.73 bits per heavy atom. The number of nitrogens with zero attached hydrogens (tertiary/aromatic N) is 3. The molecular formula is C21H21ClF3N5O3. The zero-order valence-electron chi connectivity index (χ0n) is 17.5. The molecule has 0 saturated carbocycles. The molecule has 8 nitrogen and oxygen atoms in total. The first-order valence-corrected chi connectivity index (χ1v) is 10.3. The van der Waals surface area contributed by atoms with E-state index in [2.05, 4.69) is 4.90 Å². The number of nitrogens with one attached hydrogen (secondary N) is 2. The van der Waals surface area contributed by atoms with Crippen molar-refractivity contribution in [3.05, 3.63) is 58.9 Å². The van der Waals surface area contributed by atoms with Gasteiger partial charge in [-0.25, -0.2) is 9.18 Å². The molecule has 0 aromatic heterocycles. The van der Waals surface area contributed by atoms with Crippen molar-refractivity contribution in [2.45, 2.75) is 6.43 Å². The summed E-state index contributed by atoms with van der Waals surface area (Å²) >= 11 is 6.08. The Balaban J connectivity index is 1.89. The van der Waals surface area contributed by atoms with Gasteiger partial charge in [0, 0.05) is 36.8 Å². The Labute approximate surface area is 192 Å². The summed E-state index contributed by atoms with van der Waals surface area (Å²) in [5.41, 5.74) is 3.26. The molecule has 0 atom stereocenters. The predicted molar refractivity (Wildman–Crippen MR) is 116 cm³/mol. The van der Waals surface area contributed by atoms with Crippen LogP contribution in [0.2, 0.25) is 5.02 Å². The summed E-state index contributed by atoms with van der Waals surface area (Å²) in [5, 5.41) is 0.342. The van der Waals surface area contributed by atoms with Crippen LogP contribution in [0, 0.1) is 5.82 Å². The number of benzene rings is 2. The van der Waals surface area contributed by atoms with Gasteiger partial charge < -0.3 is 9.80 Å². The van der Waals surface area contributed by atoms with Gasteiger partial charge in [0.2, 0.25) is 0 Å². The van der Waals surface area contributed by atoms with Crippen molar-refractivity contribution in [2.24, 2.45) is 0 Å². The van der Waals surface area contributed by atoms with E-state index in [4.69, 9.17) is 11.6 Å². The van der Waals surface area contributed by atoms with E-state index in [9.17, 15) is 23.2 Å². The number of hydrazine groups is 1. The molecule has 3 rings (SSSR count). The quantitative estimate of drug-likeness (QED) is 0.655. The maximum Gasteiger partial charge on any atom is 0.329 e. The van der Waals surface area contributed by atoms with Gasteiger partial charge in [-0.2, -0.15) is 8.78 Å². The minimum atomic E-state index is -3.32. The van der Waals surface area contributed by atoms with Gasteiger partial charge in [0.05, 0.1) is 11.4 Å². The van der Waals surface area contributed by atoms with Gasteiger partial charge in [-0.05, 0) is 43.4 Å². The van der Waals surface area contributed by atoms with Crippen LogP contribution in [0.1, 0.15) is 10.4 Å². The Morgan fingerprint density at radius 3 is 2.33 bits per heavy atom. The molecule has 33 heavy (non-hydrogen) atoms. The fraction of sp³-hybridized carbons (Fsp3) is 0.286. The molecule has 4 amide bonds. The van der Waals surface area contributed by atoms with E-state index >= 15 is 4.39 Å². The lowest BCUT2D eigenvalue weighted by molar-refractivity contribution is -0.132. The average Bonchev–Trinajstić information content (AvgIpc) is 2.78. The van der Waals surface area contributed by atoms with Crippen molar-refractivity contribution in [1.82, 2.24) is 20.7 Å². The van der Waals surface area contributed by atoms with Crippen LogP contribution < -0.4 is 15.8 Å². The SMILES string of the molecule is CN1CCN(C(=O)N(c2cccc(Cl)c2)c2ccc(C(=O)NNC(=O)C(F)F)cc2F)CC1. The normalized spacial score (nSPS) is 14.2. The first-order valence-electron chi connectivity index (χ1n) is 9.88. The highest BCUT2D eigenvalue weighted by molar-refractivity contribution is 6.31. The lowest BCUT2D eigenvalue weighted by Gasteiger charge is -2.36. The molecule has 2 N–H and O–H groups in total. The number of hydrogen-bond acceptors (Lipinski definition) is 4. The summed E-state index contributed by atoms with van der Waals surface area (Å²) < 4.78 is 39.6. The second-order valence-electron chi connectivity index (χ2n) is 7.30. The van der Waals surface area contributed by atoms with Gasteiger partial charge in [0.25, 0.3) is 5.91 Å². The molecule has 1 fully saturated rings. The summed E-state index contributed by atoms with van der Waals surface area (Å²) in [6, 6.07) is 9.13. The van der Waals surface area contributed by atoms with Crippen molar-refractivity contribution in [3.8, 4) is 0 Å². The van der Waals surface area contributed by atoms with Gasteiger partial charge in [-0.3, -0.25) is 25.3 Å². The first kappa shape index (κ1) is 24.3. The van der Waals surface area contributed by atoms with Gasteiger partial charge in [-0.15, -0.1) is 0 Å². The molecule has 2 aromatic carbocycles. The molecule has 0 radical (unpaired) electrons. The number of hydrogen-bond donors (Lipinski definition) is 2. The van der Waals surface area contributed by atoms with Crippen LogP contribution >= 0.6 is 11.6 Å². The predicted octanol–water partition coefficient (Wildman–Crippen LogP) is 3.01. The fourth-order valence-corrected chi connectivity index (χ4v) is 3.37. The molecule has 0 aliphatic carbocycles. The largest absolute Gasteiger partial charge is 0.329 e. The number of rotatable bonds is 4. The highest BCUT2D eigenvalue weighted by Gasteiger charge is 2.29. The number of carbonyl (C=O) groups is 3. The first-order chi connectivity index (χ1) is 15.7. The molecule has 0 spiro atoms. The molecule has 1 saturated heterocycles. The smallest absolute Gasteiger partial charge is 0.321 e. The maximum atomic E-state index is 15.1. The van der Waals surface area contributed by atoms with Gasteiger partial charge in [0.1, 0.15) is 5.82 Å². The van der Waals surface area contributed by atoms with Crippen LogP contribution in [0.4, 0.5) is 29.3 Å². The van der Waals surface area contributed by atoms with Gasteiger partial charge in [0.15, 0.2) is 0 Å². The van der Waals surface area contributed by atoms with Crippen LogP contribution in [0.3, 0.4) is 0 Å². The van der Waals surface area contributed by atoms with E-state index in [1.54, 1.807) is 28.5 Å². The van der Waals surface area contributed by atoms with Crippen molar-refractivity contribution in [3.63, 3.8) is 0 Å². The molecular weight excluding hydrogens is 463 g/mol. The standard InChI is InChI=1S/C21H21ClF3N5O3/c1-28-7-9-29(10-8-28)21(33)30(15-4-2-3-14(22)12-15)17-6-5-13(11-16(17)23)19(31)26-27-20(32)18(24)25/h2-6,11-12,18H,7-10H2,1H3,(H,26,31)(H,27,32). The summed E-state index contributed by atoms with van der Waals surface area (Å²) in [7, 11) is 1.93. The van der Waals surface area contributed by atoms with Crippen LogP contribution in [-0.2, 0) is 4.79 Å². The third-order valence-electron chi connectivity index (χ3n) is 4.98. The number of likely N-dealkylation sites (N-methyl/N-ethyl adjacent to an activating group) is 1. The molecule has 0 unspecified atom stereocenters. The number of alkyl halides is 2. The van der Waals surface area contributed by atoms with Crippen LogP contribution in [0.15, 0.2) is 42.5 Å². The minimum absolute atomic E-state index is 0.130. The monoisotopic (exact) mass is 483 g/mol. The van der Waals surface area contributed by atoms with E-state index in [0.717, 1.165) is 11.0 Å². The zero-order chi connectivity index (χ0) is 24.1. The molecule has 0 bridgehead atoms. The fourth-order valence-electron chi connectivity index (χ4n) is 3.18. The molecule has 12 heteroatoms. The van der Waals surface area contributed by atoms with Gasteiger partial charge >= 0.3 is 18.4 Å². The number of piperazine rings is 1. The summed E-state index contributed by atoms with van der Waals surface area (Å²) in [6.07, 6.45) is -3.32. The summed E-state index contributed by atoms with van der Waals surface area (Å²) in [4.78, 5) is 41.2. The van der Waals surface area contributed by atoms with E-state index in [0.29, 0.717) is 36.9 Å². The Hall–Kier alpha value is -3.31. The topological polar surface area (TPSA) is 85.0 Å². The second-order valence-corrected chi connectivity index (χ2v) is 7.73. The highest BCUT2D eigenvalue weighted by Crippen LogP contribution is 2.31. The van der Waals surface area contributed by atoms with E-state index in [-0.39, 0.29) is 11.3 Å². The van der Waals surface area contributed by atoms with Crippen molar-refractivity contribution in [1.29, 1.82) is 0 Å². The minimum Gasteiger partial charge on any atom is -0.321 e. The second kappa shape index (κ2) is 10.5. The number of urea groups is 1. The molecule has 1 aliphatic rings. The van der Waals surface area contributed by atoms with Crippen molar-refractivity contribution >= 4 is 40.8 Å². The lowest BCUT2D eigenvalue weighted by Crippen LogP contribution is -2.51. The lowest BCUT2D eigenvalue weighted by atomic mass is 10.1. The third-order valence-corrected chi connectivity index (χ3v) is 5.21. The number of amides is 4. The van der Waals surface area contributed by atoms with Crippen molar-refractivity contribution in [2.75, 3.05) is 38.1 Å². The molecule has 1 aliphatic heterocycles. The van der Waals surface area contributed by atoms with E-state index < -0.39 is 30.1 Å². The number of anilines is 2. The Kier molecular flexibility index (Phi) is 7.77. The molecule has 176 valence electrons. The van der Waals surface area contributed by atoms with Crippen LogP contribution in [-0.4, -0.2) is 67.3 Å². The Morgan fingerprint density at radius 1 is 1.03 bits per heavy atom.